The lowest BCUT2D eigenvalue weighted by Crippen LogP contribution is -2.38. The quantitative estimate of drug-likeness (QED) is 0.839. The number of hydrogen-bond acceptors (Lipinski definition) is 5. The van der Waals surface area contributed by atoms with E-state index in [1.165, 1.54) is 11.8 Å². The van der Waals surface area contributed by atoms with Crippen LogP contribution in [0.4, 0.5) is 0 Å². The van der Waals surface area contributed by atoms with Gasteiger partial charge in [-0.15, -0.1) is 10.2 Å². The summed E-state index contributed by atoms with van der Waals surface area (Å²) in [5.41, 5.74) is -0.218. The Bertz CT molecular complexity index is 503. The van der Waals surface area contributed by atoms with E-state index in [1.54, 1.807) is 0 Å². The molecule has 1 saturated heterocycles. The molecule has 2 rings (SSSR count). The molecule has 1 fully saturated rings. The van der Waals surface area contributed by atoms with Crippen LogP contribution in [0.25, 0.3) is 0 Å². The van der Waals surface area contributed by atoms with Gasteiger partial charge < -0.3 is 9.84 Å². The highest BCUT2D eigenvalue weighted by molar-refractivity contribution is 7.99. The van der Waals surface area contributed by atoms with Crippen LogP contribution in [0.3, 0.4) is 0 Å². The molecule has 2 heterocycles. The zero-order valence-corrected chi connectivity index (χ0v) is 13.1. The minimum Gasteiger partial charge on any atom is -0.481 e. The van der Waals surface area contributed by atoms with Crippen molar-refractivity contribution in [3.63, 3.8) is 0 Å². The number of thioether (sulfide) groups is 1. The maximum atomic E-state index is 10.8. The molecule has 0 aliphatic carbocycles. The second kappa shape index (κ2) is 5.73. The van der Waals surface area contributed by atoms with Crippen molar-refractivity contribution >= 4 is 17.7 Å². The van der Waals surface area contributed by atoms with E-state index >= 15 is 0 Å². The van der Waals surface area contributed by atoms with Crippen LogP contribution in [-0.4, -0.2) is 44.3 Å². The molecule has 0 saturated carbocycles. The van der Waals surface area contributed by atoms with Gasteiger partial charge in [-0.05, 0) is 20.3 Å². The van der Waals surface area contributed by atoms with Crippen molar-refractivity contribution in [3.05, 3.63) is 5.82 Å². The fourth-order valence-electron chi connectivity index (χ4n) is 2.47. The van der Waals surface area contributed by atoms with Gasteiger partial charge in [0.05, 0.1) is 17.4 Å². The number of aromatic nitrogens is 3. The Morgan fingerprint density at radius 1 is 1.60 bits per heavy atom. The summed E-state index contributed by atoms with van der Waals surface area (Å²) in [4.78, 5) is 10.8. The summed E-state index contributed by atoms with van der Waals surface area (Å²) < 4.78 is 7.79. The number of ether oxygens (including phenoxy) is 1. The van der Waals surface area contributed by atoms with Crippen molar-refractivity contribution in [3.8, 4) is 0 Å². The molecule has 1 aromatic heterocycles. The van der Waals surface area contributed by atoms with Crippen LogP contribution in [-0.2, 0) is 15.1 Å². The van der Waals surface area contributed by atoms with Gasteiger partial charge in [-0.1, -0.05) is 25.6 Å². The summed E-state index contributed by atoms with van der Waals surface area (Å²) in [5.74, 6) is 0.252. The Hall–Kier alpha value is -1.08. The van der Waals surface area contributed by atoms with E-state index in [0.717, 1.165) is 12.2 Å². The summed E-state index contributed by atoms with van der Waals surface area (Å²) in [6, 6.07) is 0. The zero-order valence-electron chi connectivity index (χ0n) is 12.3. The maximum Gasteiger partial charge on any atom is 0.313 e. The molecule has 1 aliphatic heterocycles. The molecule has 7 heteroatoms. The first-order valence-corrected chi connectivity index (χ1v) is 7.77. The van der Waals surface area contributed by atoms with Crippen LogP contribution >= 0.6 is 11.8 Å². The van der Waals surface area contributed by atoms with Gasteiger partial charge in [0.1, 0.15) is 5.82 Å². The summed E-state index contributed by atoms with van der Waals surface area (Å²) in [5, 5.41) is 18.0. The van der Waals surface area contributed by atoms with E-state index in [0.29, 0.717) is 11.8 Å². The van der Waals surface area contributed by atoms with Crippen molar-refractivity contribution in [2.75, 3.05) is 12.4 Å². The summed E-state index contributed by atoms with van der Waals surface area (Å²) >= 11 is 1.22. The smallest absolute Gasteiger partial charge is 0.313 e. The summed E-state index contributed by atoms with van der Waals surface area (Å²) in [6.45, 7) is 9.01. The highest BCUT2D eigenvalue weighted by atomic mass is 32.2. The molecule has 0 aromatic carbocycles. The third-order valence-corrected chi connectivity index (χ3v) is 4.78. The first kappa shape index (κ1) is 15.3. The van der Waals surface area contributed by atoms with Crippen molar-refractivity contribution in [2.45, 2.75) is 56.8 Å². The monoisotopic (exact) mass is 299 g/mol. The Labute approximate surface area is 122 Å². The molecule has 0 spiro atoms. The van der Waals surface area contributed by atoms with Crippen LogP contribution in [0.5, 0.6) is 0 Å². The summed E-state index contributed by atoms with van der Waals surface area (Å²) in [6.07, 6.45) is 0.937. The zero-order chi connectivity index (χ0) is 14.9. The third-order valence-electron chi connectivity index (χ3n) is 3.86. The number of rotatable bonds is 5. The van der Waals surface area contributed by atoms with Gasteiger partial charge in [-0.25, -0.2) is 0 Å². The Morgan fingerprint density at radius 3 is 2.80 bits per heavy atom. The topological polar surface area (TPSA) is 77.2 Å². The van der Waals surface area contributed by atoms with Crippen LogP contribution in [0.2, 0.25) is 0 Å². The number of carboxylic acid groups (broad SMARTS) is 1. The fourth-order valence-corrected chi connectivity index (χ4v) is 3.26. The normalized spacial score (nSPS) is 26.4. The van der Waals surface area contributed by atoms with Gasteiger partial charge in [-0.2, -0.15) is 0 Å². The second-order valence-electron chi connectivity index (χ2n) is 5.63. The molecule has 1 N–H and O–H groups in total. The second-order valence-corrected chi connectivity index (χ2v) is 6.58. The van der Waals surface area contributed by atoms with E-state index in [-0.39, 0.29) is 23.3 Å². The predicted molar refractivity (Wildman–Crippen MR) is 76.1 cm³/mol. The molecule has 2 atom stereocenters. The predicted octanol–water partition coefficient (Wildman–Crippen LogP) is 2.10. The maximum absolute atomic E-state index is 10.8. The third kappa shape index (κ3) is 2.69. The molecule has 0 radical (unpaired) electrons. The first-order valence-electron chi connectivity index (χ1n) is 6.78. The van der Waals surface area contributed by atoms with Crippen molar-refractivity contribution < 1.29 is 14.6 Å². The highest BCUT2D eigenvalue weighted by Crippen LogP contribution is 2.38. The highest BCUT2D eigenvalue weighted by Gasteiger charge is 2.42. The minimum atomic E-state index is -0.850. The molecule has 112 valence electrons. The molecule has 1 aliphatic rings. The minimum absolute atomic E-state index is 0.0124. The molecule has 6 nitrogen and oxygen atoms in total. The van der Waals surface area contributed by atoms with E-state index in [1.807, 2.05) is 6.92 Å². The summed E-state index contributed by atoms with van der Waals surface area (Å²) in [7, 11) is 0. The van der Waals surface area contributed by atoms with E-state index in [2.05, 4.69) is 35.5 Å². The average molecular weight is 299 g/mol. The average Bonchev–Trinajstić information content (AvgIpc) is 2.92. The molecule has 0 amide bonds. The number of carboxylic acids is 1. The van der Waals surface area contributed by atoms with Gasteiger partial charge in [0.2, 0.25) is 0 Å². The molecule has 0 bridgehead atoms. The largest absolute Gasteiger partial charge is 0.481 e. The molecule has 2 unspecified atom stereocenters. The molecule has 1 aromatic rings. The van der Waals surface area contributed by atoms with Gasteiger partial charge in [0.15, 0.2) is 5.16 Å². The Kier molecular flexibility index (Phi) is 4.39. The van der Waals surface area contributed by atoms with Crippen molar-refractivity contribution in [1.82, 2.24) is 14.8 Å². The molecular weight excluding hydrogens is 278 g/mol. The number of hydrogen-bond donors (Lipinski definition) is 1. The first-order chi connectivity index (χ1) is 9.36. The SMILES string of the molecule is CC(C)c1nnc(SCC(=O)O)n1C1(C)CCOC1C. The van der Waals surface area contributed by atoms with Gasteiger partial charge in [0, 0.05) is 12.5 Å². The van der Waals surface area contributed by atoms with Crippen LogP contribution in [0.15, 0.2) is 5.16 Å². The van der Waals surface area contributed by atoms with Gasteiger partial charge >= 0.3 is 5.97 Å². The Balaban J connectivity index is 2.41. The number of aliphatic carboxylic acids is 1. The Morgan fingerprint density at radius 2 is 2.30 bits per heavy atom. The fraction of sp³-hybridized carbons (Fsp3) is 0.769. The molecule has 20 heavy (non-hydrogen) atoms. The lowest BCUT2D eigenvalue weighted by atomic mass is 9.93. The number of nitrogens with zero attached hydrogens (tertiary/aromatic N) is 3. The lowest BCUT2D eigenvalue weighted by Gasteiger charge is -2.32. The van der Waals surface area contributed by atoms with Gasteiger partial charge in [0.25, 0.3) is 0 Å². The standard InChI is InChI=1S/C13H21N3O3S/c1-8(2)11-14-15-12(20-7-10(17)18)16(11)13(4)5-6-19-9(13)3/h8-9H,5-7H2,1-4H3,(H,17,18). The van der Waals surface area contributed by atoms with Crippen molar-refractivity contribution in [2.24, 2.45) is 0 Å². The van der Waals surface area contributed by atoms with Crippen LogP contribution in [0, 0.1) is 0 Å². The molecular formula is C13H21N3O3S. The lowest BCUT2D eigenvalue weighted by molar-refractivity contribution is -0.133. The van der Waals surface area contributed by atoms with Crippen molar-refractivity contribution in [1.29, 1.82) is 0 Å². The van der Waals surface area contributed by atoms with Crippen LogP contribution < -0.4 is 0 Å². The van der Waals surface area contributed by atoms with E-state index in [9.17, 15) is 4.79 Å². The van der Waals surface area contributed by atoms with E-state index < -0.39 is 5.97 Å². The van der Waals surface area contributed by atoms with E-state index in [4.69, 9.17) is 9.84 Å². The number of carbonyl (C=O) groups is 1. The van der Waals surface area contributed by atoms with Crippen LogP contribution in [0.1, 0.15) is 45.9 Å². The van der Waals surface area contributed by atoms with Gasteiger partial charge in [-0.3, -0.25) is 9.36 Å².